The van der Waals surface area contributed by atoms with Crippen LogP contribution in [0.2, 0.25) is 0 Å². The normalized spacial score (nSPS) is 21.8. The highest BCUT2D eigenvalue weighted by molar-refractivity contribution is 5.24. The van der Waals surface area contributed by atoms with Crippen molar-refractivity contribution < 1.29 is 0 Å². The van der Waals surface area contributed by atoms with Gasteiger partial charge in [0, 0.05) is 0 Å². The Morgan fingerprint density at radius 1 is 1.17 bits per heavy atom. The van der Waals surface area contributed by atoms with Crippen molar-refractivity contribution in [2.24, 2.45) is 11.8 Å². The standard InChI is InChI=1S/C18H24/c1-3-15(2)14-18(16-10-6-4-7-11-16)17-12-8-5-9-13-17/h4-12,15,17-18H,3,13-14H2,1-2H3. The Kier molecular flexibility index (Phi) is 4.81. The summed E-state index contributed by atoms with van der Waals surface area (Å²) in [6, 6.07) is 11.0. The van der Waals surface area contributed by atoms with Gasteiger partial charge in [-0.25, -0.2) is 0 Å². The third kappa shape index (κ3) is 3.35. The Bertz CT molecular complexity index is 399. The summed E-state index contributed by atoms with van der Waals surface area (Å²) in [6.07, 6.45) is 12.8. The summed E-state index contributed by atoms with van der Waals surface area (Å²) in [5.74, 6) is 2.14. The summed E-state index contributed by atoms with van der Waals surface area (Å²) in [4.78, 5) is 0. The monoisotopic (exact) mass is 240 g/mol. The molecule has 0 amide bonds. The number of rotatable bonds is 5. The van der Waals surface area contributed by atoms with Crippen LogP contribution in [-0.4, -0.2) is 0 Å². The van der Waals surface area contributed by atoms with Crippen LogP contribution in [0, 0.1) is 11.8 Å². The summed E-state index contributed by atoms with van der Waals surface area (Å²) >= 11 is 0. The smallest absolute Gasteiger partial charge is 0.00934 e. The molecule has 1 aliphatic carbocycles. The van der Waals surface area contributed by atoms with Crippen LogP contribution in [-0.2, 0) is 0 Å². The van der Waals surface area contributed by atoms with E-state index in [1.165, 1.54) is 24.8 Å². The van der Waals surface area contributed by atoms with E-state index in [1.807, 2.05) is 0 Å². The first-order chi connectivity index (χ1) is 8.81. The molecule has 0 heterocycles. The molecule has 3 atom stereocenters. The van der Waals surface area contributed by atoms with Gasteiger partial charge >= 0.3 is 0 Å². The Morgan fingerprint density at radius 3 is 2.56 bits per heavy atom. The van der Waals surface area contributed by atoms with E-state index in [0.29, 0.717) is 11.8 Å². The summed E-state index contributed by atoms with van der Waals surface area (Å²) in [6.45, 7) is 4.67. The maximum atomic E-state index is 2.39. The van der Waals surface area contributed by atoms with Crippen molar-refractivity contribution in [1.29, 1.82) is 0 Å². The Morgan fingerprint density at radius 2 is 1.94 bits per heavy atom. The number of benzene rings is 1. The zero-order valence-electron chi connectivity index (χ0n) is 11.5. The van der Waals surface area contributed by atoms with E-state index in [4.69, 9.17) is 0 Å². The van der Waals surface area contributed by atoms with E-state index in [0.717, 1.165) is 5.92 Å². The van der Waals surface area contributed by atoms with E-state index in [9.17, 15) is 0 Å². The van der Waals surface area contributed by atoms with Gasteiger partial charge in [-0.1, -0.05) is 74.9 Å². The molecule has 1 aromatic rings. The highest BCUT2D eigenvalue weighted by atomic mass is 14.3. The van der Waals surface area contributed by atoms with E-state index < -0.39 is 0 Å². The predicted molar refractivity (Wildman–Crippen MR) is 79.6 cm³/mol. The minimum absolute atomic E-state index is 0.669. The van der Waals surface area contributed by atoms with Crippen molar-refractivity contribution in [2.75, 3.05) is 0 Å². The topological polar surface area (TPSA) is 0 Å². The Labute approximate surface area is 111 Å². The van der Waals surface area contributed by atoms with Crippen LogP contribution >= 0.6 is 0 Å². The lowest BCUT2D eigenvalue weighted by Gasteiger charge is -2.28. The lowest BCUT2D eigenvalue weighted by atomic mass is 9.77. The highest BCUT2D eigenvalue weighted by Gasteiger charge is 2.22. The van der Waals surface area contributed by atoms with Gasteiger partial charge in [0.25, 0.3) is 0 Å². The molecule has 0 saturated carbocycles. The summed E-state index contributed by atoms with van der Waals surface area (Å²) in [5, 5.41) is 0. The molecule has 0 spiro atoms. The molecular formula is C18H24. The van der Waals surface area contributed by atoms with Crippen molar-refractivity contribution in [3.8, 4) is 0 Å². The molecule has 0 aromatic heterocycles. The van der Waals surface area contributed by atoms with E-state index in [1.54, 1.807) is 0 Å². The van der Waals surface area contributed by atoms with Crippen LogP contribution < -0.4 is 0 Å². The molecule has 0 nitrogen and oxygen atoms in total. The lowest BCUT2D eigenvalue weighted by molar-refractivity contribution is 0.390. The highest BCUT2D eigenvalue weighted by Crippen LogP contribution is 2.36. The quantitative estimate of drug-likeness (QED) is 0.651. The SMILES string of the molecule is CCC(C)CC(c1ccccc1)C1C=CC=CC1. The second-order valence-corrected chi connectivity index (χ2v) is 5.48. The molecule has 0 bridgehead atoms. The fourth-order valence-electron chi connectivity index (χ4n) is 2.76. The molecule has 0 heteroatoms. The van der Waals surface area contributed by atoms with Gasteiger partial charge in [0.2, 0.25) is 0 Å². The van der Waals surface area contributed by atoms with Crippen LogP contribution in [0.15, 0.2) is 54.6 Å². The second kappa shape index (κ2) is 6.58. The fraction of sp³-hybridized carbons (Fsp3) is 0.444. The number of hydrogen-bond donors (Lipinski definition) is 0. The minimum atomic E-state index is 0.669. The lowest BCUT2D eigenvalue weighted by Crippen LogP contribution is -2.15. The molecular weight excluding hydrogens is 216 g/mol. The van der Waals surface area contributed by atoms with E-state index in [-0.39, 0.29) is 0 Å². The third-order valence-electron chi connectivity index (χ3n) is 4.11. The van der Waals surface area contributed by atoms with Gasteiger partial charge < -0.3 is 0 Å². The minimum Gasteiger partial charge on any atom is -0.0839 e. The van der Waals surface area contributed by atoms with E-state index in [2.05, 4.69) is 68.5 Å². The molecule has 2 rings (SSSR count). The summed E-state index contributed by atoms with van der Waals surface area (Å²) in [7, 11) is 0. The Hall–Kier alpha value is -1.30. The molecule has 0 N–H and O–H groups in total. The first kappa shape index (κ1) is 13.1. The zero-order valence-corrected chi connectivity index (χ0v) is 11.5. The van der Waals surface area contributed by atoms with Gasteiger partial charge in [-0.15, -0.1) is 0 Å². The molecule has 0 radical (unpaired) electrons. The van der Waals surface area contributed by atoms with Gasteiger partial charge in [0.05, 0.1) is 0 Å². The molecule has 96 valence electrons. The molecule has 0 aliphatic heterocycles. The maximum absolute atomic E-state index is 2.39. The molecule has 1 aromatic carbocycles. The van der Waals surface area contributed by atoms with Crippen molar-refractivity contribution in [3.63, 3.8) is 0 Å². The predicted octanol–water partition coefficient (Wildman–Crippen LogP) is 5.34. The molecule has 3 unspecified atom stereocenters. The number of hydrogen-bond acceptors (Lipinski definition) is 0. The van der Waals surface area contributed by atoms with Crippen molar-refractivity contribution >= 4 is 0 Å². The average molecular weight is 240 g/mol. The van der Waals surface area contributed by atoms with Crippen molar-refractivity contribution in [2.45, 2.75) is 39.0 Å². The van der Waals surface area contributed by atoms with Gasteiger partial charge in [-0.3, -0.25) is 0 Å². The number of allylic oxidation sites excluding steroid dienone is 4. The van der Waals surface area contributed by atoms with Gasteiger partial charge in [0.1, 0.15) is 0 Å². The van der Waals surface area contributed by atoms with Gasteiger partial charge in [-0.2, -0.15) is 0 Å². The molecule has 0 saturated heterocycles. The van der Waals surface area contributed by atoms with Crippen LogP contribution in [0.5, 0.6) is 0 Å². The molecule has 1 aliphatic rings. The zero-order chi connectivity index (χ0) is 12.8. The van der Waals surface area contributed by atoms with Crippen LogP contribution in [0.25, 0.3) is 0 Å². The largest absolute Gasteiger partial charge is 0.0839 e. The van der Waals surface area contributed by atoms with Gasteiger partial charge in [-0.05, 0) is 36.2 Å². The molecule has 0 fully saturated rings. The average Bonchev–Trinajstić information content (AvgIpc) is 2.46. The van der Waals surface area contributed by atoms with E-state index >= 15 is 0 Å². The molecule has 18 heavy (non-hydrogen) atoms. The second-order valence-electron chi connectivity index (χ2n) is 5.48. The van der Waals surface area contributed by atoms with Crippen LogP contribution in [0.3, 0.4) is 0 Å². The fourth-order valence-corrected chi connectivity index (χ4v) is 2.76. The third-order valence-corrected chi connectivity index (χ3v) is 4.11. The Balaban J connectivity index is 2.17. The maximum Gasteiger partial charge on any atom is -0.00934 e. The summed E-state index contributed by atoms with van der Waals surface area (Å²) in [5.41, 5.74) is 1.50. The first-order valence-corrected chi connectivity index (χ1v) is 7.19. The van der Waals surface area contributed by atoms with Crippen LogP contribution in [0.4, 0.5) is 0 Å². The summed E-state index contributed by atoms with van der Waals surface area (Å²) < 4.78 is 0. The van der Waals surface area contributed by atoms with Crippen molar-refractivity contribution in [1.82, 2.24) is 0 Å². The van der Waals surface area contributed by atoms with Crippen LogP contribution in [0.1, 0.15) is 44.6 Å². The van der Waals surface area contributed by atoms with Crippen molar-refractivity contribution in [3.05, 3.63) is 60.2 Å². The van der Waals surface area contributed by atoms with Gasteiger partial charge in [0.15, 0.2) is 0 Å². The first-order valence-electron chi connectivity index (χ1n) is 7.19.